The minimum Gasteiger partial charge on any atom is -0.508 e. The Bertz CT molecular complexity index is 1170. The van der Waals surface area contributed by atoms with E-state index in [0.29, 0.717) is 5.56 Å². The lowest BCUT2D eigenvalue weighted by Crippen LogP contribution is -2.57. The van der Waals surface area contributed by atoms with Gasteiger partial charge in [0, 0.05) is 19.5 Å². The minimum atomic E-state index is -1.46. The molecule has 1 rings (SSSR count). The molecule has 0 aromatic heterocycles. The first-order valence-electron chi connectivity index (χ1n) is 13.2. The van der Waals surface area contributed by atoms with Gasteiger partial charge in [0.1, 0.15) is 23.9 Å². The fourth-order valence-electron chi connectivity index (χ4n) is 3.72. The predicted molar refractivity (Wildman–Crippen MR) is 155 cm³/mol. The summed E-state index contributed by atoms with van der Waals surface area (Å²) in [4.78, 5) is 69.6. The zero-order chi connectivity index (χ0) is 32.5. The van der Waals surface area contributed by atoms with Gasteiger partial charge in [0.25, 0.3) is 0 Å². The molecule has 0 fully saturated rings. The largest absolute Gasteiger partial charge is 0.508 e. The highest BCUT2D eigenvalue weighted by Gasteiger charge is 2.30. The summed E-state index contributed by atoms with van der Waals surface area (Å²) < 4.78 is 0. The fourth-order valence-corrected chi connectivity index (χ4v) is 3.72. The number of aliphatic imine (C=N–C) groups is 2. The summed E-state index contributed by atoms with van der Waals surface area (Å²) in [5, 5.41) is 35.4. The SMILES string of the molecule is NC(N)=NCCCC(NC(=O)C(N)CC(=O)O)C(=O)NC(CCCN=C(N)N)C(=O)NC(Cc1ccc(O)cc1)C(=O)O. The van der Waals surface area contributed by atoms with E-state index in [1.807, 2.05) is 0 Å². The first-order valence-corrected chi connectivity index (χ1v) is 13.2. The van der Waals surface area contributed by atoms with Crippen molar-refractivity contribution in [3.8, 4) is 5.75 Å². The van der Waals surface area contributed by atoms with Gasteiger partial charge in [-0.15, -0.1) is 0 Å². The fraction of sp³-hybridized carbons (Fsp3) is 0.480. The Morgan fingerprint density at radius 2 is 1.16 bits per heavy atom. The van der Waals surface area contributed by atoms with Crippen molar-refractivity contribution < 1.29 is 39.3 Å². The van der Waals surface area contributed by atoms with Gasteiger partial charge in [0.2, 0.25) is 17.7 Å². The number of carboxylic acids is 2. The molecule has 0 spiro atoms. The Hall–Kier alpha value is -5.13. The van der Waals surface area contributed by atoms with Gasteiger partial charge in [0.05, 0.1) is 12.5 Å². The molecular formula is C25H40N10O8. The van der Waals surface area contributed by atoms with E-state index in [4.69, 9.17) is 33.8 Å². The molecule has 18 heteroatoms. The summed E-state index contributed by atoms with van der Waals surface area (Å²) in [7, 11) is 0. The third kappa shape index (κ3) is 14.9. The molecule has 0 heterocycles. The van der Waals surface area contributed by atoms with Crippen LogP contribution in [-0.2, 0) is 30.4 Å². The maximum Gasteiger partial charge on any atom is 0.326 e. The predicted octanol–water partition coefficient (Wildman–Crippen LogP) is -3.62. The van der Waals surface area contributed by atoms with E-state index in [0.717, 1.165) is 0 Å². The molecule has 1 aromatic carbocycles. The average Bonchev–Trinajstić information content (AvgIpc) is 2.91. The van der Waals surface area contributed by atoms with E-state index in [9.17, 15) is 34.2 Å². The molecule has 0 bridgehead atoms. The van der Waals surface area contributed by atoms with Gasteiger partial charge in [-0.3, -0.25) is 29.2 Å². The van der Waals surface area contributed by atoms with Gasteiger partial charge in [-0.2, -0.15) is 0 Å². The smallest absolute Gasteiger partial charge is 0.326 e. The van der Waals surface area contributed by atoms with Crippen molar-refractivity contribution in [3.63, 3.8) is 0 Å². The number of phenols is 1. The third-order valence-electron chi connectivity index (χ3n) is 5.88. The van der Waals surface area contributed by atoms with E-state index in [1.165, 1.54) is 24.3 Å². The van der Waals surface area contributed by atoms with Gasteiger partial charge in [-0.25, -0.2) is 4.79 Å². The van der Waals surface area contributed by atoms with Crippen molar-refractivity contribution in [3.05, 3.63) is 29.8 Å². The Morgan fingerprint density at radius 3 is 1.58 bits per heavy atom. The van der Waals surface area contributed by atoms with Crippen LogP contribution in [0.25, 0.3) is 0 Å². The van der Waals surface area contributed by atoms with Crippen molar-refractivity contribution in [2.75, 3.05) is 13.1 Å². The number of rotatable bonds is 19. The first-order chi connectivity index (χ1) is 20.2. The number of amides is 3. The van der Waals surface area contributed by atoms with E-state index in [-0.39, 0.29) is 62.9 Å². The monoisotopic (exact) mass is 608 g/mol. The number of phenolic OH excluding ortho intramolecular Hbond substituents is 1. The summed E-state index contributed by atoms with van der Waals surface area (Å²) in [5.74, 6) is -5.65. The number of benzene rings is 1. The second kappa shape index (κ2) is 18.3. The quantitative estimate of drug-likeness (QED) is 0.0411. The Balaban J connectivity index is 3.15. The topological polar surface area (TPSA) is 337 Å². The van der Waals surface area contributed by atoms with E-state index in [2.05, 4.69) is 25.9 Å². The van der Waals surface area contributed by atoms with Crippen LogP contribution in [0.3, 0.4) is 0 Å². The van der Waals surface area contributed by atoms with Gasteiger partial charge < -0.3 is 59.9 Å². The molecule has 3 amide bonds. The van der Waals surface area contributed by atoms with E-state index >= 15 is 0 Å². The molecule has 4 unspecified atom stereocenters. The number of hydrogen-bond donors (Lipinski definition) is 11. The number of carbonyl (C=O) groups is 5. The molecule has 0 aliphatic carbocycles. The van der Waals surface area contributed by atoms with Crippen molar-refractivity contribution in [1.29, 1.82) is 0 Å². The lowest BCUT2D eigenvalue weighted by Gasteiger charge is -2.25. The normalized spacial score (nSPS) is 13.3. The maximum absolute atomic E-state index is 13.3. The van der Waals surface area contributed by atoms with Crippen LogP contribution < -0.4 is 44.6 Å². The lowest BCUT2D eigenvalue weighted by atomic mass is 10.0. The van der Waals surface area contributed by atoms with Crippen molar-refractivity contribution in [2.45, 2.75) is 62.7 Å². The number of carbonyl (C=O) groups excluding carboxylic acids is 3. The third-order valence-corrected chi connectivity index (χ3v) is 5.88. The highest BCUT2D eigenvalue weighted by molar-refractivity contribution is 5.94. The van der Waals surface area contributed by atoms with Crippen molar-refractivity contribution in [1.82, 2.24) is 16.0 Å². The molecule has 4 atom stereocenters. The van der Waals surface area contributed by atoms with Gasteiger partial charge >= 0.3 is 11.9 Å². The molecule has 0 aliphatic heterocycles. The van der Waals surface area contributed by atoms with Crippen LogP contribution in [0.4, 0.5) is 0 Å². The molecule has 1 aromatic rings. The molecule has 43 heavy (non-hydrogen) atoms. The Kier molecular flexibility index (Phi) is 15.3. The van der Waals surface area contributed by atoms with Gasteiger partial charge in [-0.1, -0.05) is 12.1 Å². The highest BCUT2D eigenvalue weighted by Crippen LogP contribution is 2.12. The first kappa shape index (κ1) is 35.9. The summed E-state index contributed by atoms with van der Waals surface area (Å²) in [6.45, 7) is 0.198. The molecule has 18 nitrogen and oxygen atoms in total. The number of nitrogens with zero attached hydrogens (tertiary/aromatic N) is 2. The summed E-state index contributed by atoms with van der Waals surface area (Å²) in [6.07, 6.45) is -0.443. The molecule has 0 radical (unpaired) electrons. The number of hydrogen-bond acceptors (Lipinski definition) is 9. The highest BCUT2D eigenvalue weighted by atomic mass is 16.4. The number of nitrogens with two attached hydrogens (primary N) is 5. The van der Waals surface area contributed by atoms with Crippen molar-refractivity contribution in [2.24, 2.45) is 38.7 Å². The molecule has 238 valence electrons. The lowest BCUT2D eigenvalue weighted by molar-refractivity contribution is -0.142. The van der Waals surface area contributed by atoms with Crippen LogP contribution in [0.1, 0.15) is 37.7 Å². The molecule has 16 N–H and O–H groups in total. The average molecular weight is 609 g/mol. The number of aliphatic carboxylic acids is 2. The summed E-state index contributed by atoms with van der Waals surface area (Å²) >= 11 is 0. The summed E-state index contributed by atoms with van der Waals surface area (Å²) in [6, 6.07) is 0.320. The van der Waals surface area contributed by atoms with Crippen LogP contribution in [0.5, 0.6) is 5.75 Å². The molecule has 0 aliphatic rings. The van der Waals surface area contributed by atoms with Gasteiger partial charge in [-0.05, 0) is 43.4 Å². The minimum absolute atomic E-state index is 0.0188. The number of aromatic hydroxyl groups is 1. The van der Waals surface area contributed by atoms with Crippen LogP contribution in [0, 0.1) is 0 Å². The van der Waals surface area contributed by atoms with Crippen LogP contribution in [0.15, 0.2) is 34.3 Å². The number of carboxylic acid groups (broad SMARTS) is 2. The second-order valence-electron chi connectivity index (χ2n) is 9.49. The van der Waals surface area contributed by atoms with Gasteiger partial charge in [0.15, 0.2) is 11.9 Å². The summed E-state index contributed by atoms with van der Waals surface area (Å²) in [5.41, 5.74) is 27.4. The Labute approximate surface area is 247 Å². The van der Waals surface area contributed by atoms with Crippen LogP contribution >= 0.6 is 0 Å². The van der Waals surface area contributed by atoms with E-state index in [1.54, 1.807) is 0 Å². The van der Waals surface area contributed by atoms with Crippen LogP contribution in [-0.4, -0.2) is 94.2 Å². The molecular weight excluding hydrogens is 568 g/mol. The Morgan fingerprint density at radius 1 is 0.721 bits per heavy atom. The van der Waals surface area contributed by atoms with Crippen LogP contribution in [0.2, 0.25) is 0 Å². The number of nitrogens with one attached hydrogen (secondary N) is 3. The molecule has 0 saturated carbocycles. The zero-order valence-corrected chi connectivity index (χ0v) is 23.4. The second-order valence-corrected chi connectivity index (χ2v) is 9.49. The zero-order valence-electron chi connectivity index (χ0n) is 23.4. The van der Waals surface area contributed by atoms with Crippen molar-refractivity contribution >= 4 is 41.6 Å². The maximum atomic E-state index is 13.3. The van der Waals surface area contributed by atoms with E-state index < -0.39 is 60.2 Å². The number of guanidine groups is 2. The molecule has 0 saturated heterocycles. The standard InChI is InChI=1S/C25H40N10O8/c26-15(12-19(37)38)20(39)33-16(3-1-9-31-24(27)28)21(40)34-17(4-2-10-32-25(29)30)22(41)35-18(23(42)43)11-13-5-7-14(36)8-6-13/h5-8,15-18,36H,1-4,9-12,26H2,(H,33,39)(H,34,40)(H,35,41)(H,37,38)(H,42,43)(H4,27,28,31)(H4,29,30,32).